The van der Waals surface area contributed by atoms with Crippen molar-refractivity contribution >= 4 is 0 Å². The lowest BCUT2D eigenvalue weighted by Crippen LogP contribution is -2.34. The zero-order valence-corrected chi connectivity index (χ0v) is 26.1. The topological polar surface area (TPSA) is 103 Å². The van der Waals surface area contributed by atoms with Crippen molar-refractivity contribution in [2.24, 2.45) is 16.7 Å². The summed E-state index contributed by atoms with van der Waals surface area (Å²) in [6.07, 6.45) is 5.99. The zero-order chi connectivity index (χ0) is 29.4. The van der Waals surface area contributed by atoms with Crippen molar-refractivity contribution in [3.8, 4) is 0 Å². The van der Waals surface area contributed by atoms with E-state index in [0.717, 1.165) is 18.8 Å². The Bertz CT molecular complexity index is 547. The normalized spacial score (nSPS) is 18.4. The molecular weight excluding hydrogens is 520 g/mol. The molecule has 0 bridgehead atoms. The summed E-state index contributed by atoms with van der Waals surface area (Å²) in [5.41, 5.74) is 0.730. The molecule has 0 aromatic heterocycles. The Balaban J connectivity index is 1.76. The highest BCUT2D eigenvalue weighted by molar-refractivity contribution is 4.86. The summed E-state index contributed by atoms with van der Waals surface area (Å²) >= 11 is 0. The number of aliphatic hydroxyl groups excluding tert-OH is 1. The van der Waals surface area contributed by atoms with Crippen molar-refractivity contribution < 1.29 is 48.0 Å². The summed E-state index contributed by atoms with van der Waals surface area (Å²) in [4.78, 5) is 11.0. The first-order valence-corrected chi connectivity index (χ1v) is 15.2. The highest BCUT2D eigenvalue weighted by atomic mass is 17.2. The van der Waals surface area contributed by atoms with Crippen molar-refractivity contribution in [1.82, 2.24) is 0 Å². The molecule has 0 saturated heterocycles. The van der Waals surface area contributed by atoms with Crippen LogP contribution >= 0.6 is 0 Å². The number of hydrogen-bond acceptors (Lipinski definition) is 10. The van der Waals surface area contributed by atoms with Crippen LogP contribution in [0.1, 0.15) is 66.7 Å². The third kappa shape index (κ3) is 22.2. The molecule has 10 heteroatoms. The largest absolute Gasteiger partial charge is 0.394 e. The second kappa shape index (κ2) is 24.1. The monoisotopic (exact) mass is 580 g/mol. The predicted octanol–water partition coefficient (Wildman–Crippen LogP) is 4.06. The Morgan fingerprint density at radius 1 is 0.500 bits per heavy atom. The van der Waals surface area contributed by atoms with Gasteiger partial charge in [0.05, 0.1) is 105 Å². The number of hydrogen-bond donors (Lipinski definition) is 1. The standard InChI is InChI=1S/C30H60O10/c1-29(2,3)26-30(4,5)27-6-8-28(9-7-27)40-39-25-24-38-23-22-37-21-20-36-19-18-35-17-16-34-15-14-33-13-12-32-11-10-31/h27-28,31H,6-26H2,1-5H3. The highest BCUT2D eigenvalue weighted by Crippen LogP contribution is 2.45. The molecule has 0 aliphatic heterocycles. The van der Waals surface area contributed by atoms with Crippen molar-refractivity contribution in [3.63, 3.8) is 0 Å². The van der Waals surface area contributed by atoms with Gasteiger partial charge in [0.1, 0.15) is 6.61 Å². The molecule has 1 aliphatic carbocycles. The van der Waals surface area contributed by atoms with Crippen molar-refractivity contribution in [1.29, 1.82) is 0 Å². The van der Waals surface area contributed by atoms with Crippen LogP contribution in [0, 0.1) is 16.7 Å². The van der Waals surface area contributed by atoms with Gasteiger partial charge in [-0.3, -0.25) is 0 Å². The van der Waals surface area contributed by atoms with Gasteiger partial charge >= 0.3 is 0 Å². The molecule has 0 unspecified atom stereocenters. The number of aliphatic hydroxyl groups is 1. The van der Waals surface area contributed by atoms with Crippen molar-refractivity contribution in [2.45, 2.75) is 72.8 Å². The fourth-order valence-corrected chi connectivity index (χ4v) is 5.18. The average molecular weight is 581 g/mol. The van der Waals surface area contributed by atoms with Gasteiger partial charge in [0.25, 0.3) is 0 Å². The van der Waals surface area contributed by atoms with Gasteiger partial charge in [0.2, 0.25) is 0 Å². The maximum absolute atomic E-state index is 8.58. The molecule has 0 amide bonds. The van der Waals surface area contributed by atoms with Crippen LogP contribution in [-0.2, 0) is 42.9 Å². The van der Waals surface area contributed by atoms with Gasteiger partial charge < -0.3 is 38.3 Å². The zero-order valence-electron chi connectivity index (χ0n) is 26.1. The Hall–Kier alpha value is -0.400. The fourth-order valence-electron chi connectivity index (χ4n) is 5.18. The van der Waals surface area contributed by atoms with E-state index in [0.29, 0.717) is 110 Å². The summed E-state index contributed by atoms with van der Waals surface area (Å²) in [6, 6.07) is 0. The van der Waals surface area contributed by atoms with Gasteiger partial charge in [0.15, 0.2) is 0 Å². The lowest BCUT2D eigenvalue weighted by atomic mass is 9.64. The van der Waals surface area contributed by atoms with Crippen molar-refractivity contribution in [3.05, 3.63) is 0 Å². The van der Waals surface area contributed by atoms with E-state index >= 15 is 0 Å². The molecule has 0 atom stereocenters. The molecule has 10 nitrogen and oxygen atoms in total. The van der Waals surface area contributed by atoms with Crippen LogP contribution in [-0.4, -0.2) is 117 Å². The third-order valence-electron chi connectivity index (χ3n) is 6.75. The summed E-state index contributed by atoms with van der Waals surface area (Å²) in [5.74, 6) is 0.756. The molecule has 0 spiro atoms. The molecule has 1 rings (SSSR count). The lowest BCUT2D eigenvalue weighted by molar-refractivity contribution is -0.333. The number of ether oxygens (including phenoxy) is 7. The molecule has 1 saturated carbocycles. The highest BCUT2D eigenvalue weighted by Gasteiger charge is 2.36. The molecule has 1 N–H and O–H groups in total. The summed E-state index contributed by atoms with van der Waals surface area (Å²) in [6.45, 7) is 19.3. The molecule has 240 valence electrons. The molecule has 1 fully saturated rings. The van der Waals surface area contributed by atoms with Crippen LogP contribution < -0.4 is 0 Å². The second-order valence-electron chi connectivity index (χ2n) is 12.1. The minimum atomic E-state index is 0.0309. The van der Waals surface area contributed by atoms with E-state index < -0.39 is 0 Å². The molecule has 0 aromatic carbocycles. The van der Waals surface area contributed by atoms with Crippen LogP contribution in [0.25, 0.3) is 0 Å². The Morgan fingerprint density at radius 2 is 0.850 bits per heavy atom. The molecule has 0 radical (unpaired) electrons. The summed E-state index contributed by atoms with van der Waals surface area (Å²) in [5, 5.41) is 8.58. The molecule has 40 heavy (non-hydrogen) atoms. The maximum atomic E-state index is 8.58. The Kier molecular flexibility index (Phi) is 22.7. The molecule has 0 aromatic rings. The van der Waals surface area contributed by atoms with Crippen LogP contribution in [0.5, 0.6) is 0 Å². The van der Waals surface area contributed by atoms with Gasteiger partial charge in [-0.1, -0.05) is 34.6 Å². The van der Waals surface area contributed by atoms with Gasteiger partial charge in [-0.2, -0.15) is 0 Å². The van der Waals surface area contributed by atoms with Crippen LogP contribution in [0.4, 0.5) is 0 Å². The molecular formula is C30H60O10. The average Bonchev–Trinajstić information content (AvgIpc) is 2.90. The van der Waals surface area contributed by atoms with Gasteiger partial charge in [0, 0.05) is 0 Å². The molecule has 0 heterocycles. The second-order valence-corrected chi connectivity index (χ2v) is 12.1. The van der Waals surface area contributed by atoms with E-state index in [1.54, 1.807) is 0 Å². The van der Waals surface area contributed by atoms with Gasteiger partial charge in [-0.15, -0.1) is 0 Å². The first-order valence-electron chi connectivity index (χ1n) is 15.2. The van der Waals surface area contributed by atoms with E-state index in [2.05, 4.69) is 34.6 Å². The first kappa shape index (κ1) is 37.6. The third-order valence-corrected chi connectivity index (χ3v) is 6.75. The van der Waals surface area contributed by atoms with E-state index in [9.17, 15) is 0 Å². The van der Waals surface area contributed by atoms with E-state index in [1.807, 2.05) is 0 Å². The minimum Gasteiger partial charge on any atom is -0.394 e. The molecule has 1 aliphatic rings. The number of rotatable bonds is 27. The van der Waals surface area contributed by atoms with Gasteiger partial charge in [-0.25, -0.2) is 9.78 Å². The summed E-state index contributed by atoms with van der Waals surface area (Å²) in [7, 11) is 0. The fraction of sp³-hybridized carbons (Fsp3) is 1.00. The van der Waals surface area contributed by atoms with Gasteiger partial charge in [-0.05, 0) is 48.9 Å². The van der Waals surface area contributed by atoms with Crippen molar-refractivity contribution in [2.75, 3.05) is 106 Å². The predicted molar refractivity (Wildman–Crippen MR) is 153 cm³/mol. The van der Waals surface area contributed by atoms with E-state index in [-0.39, 0.29) is 12.7 Å². The quantitative estimate of drug-likeness (QED) is 0.0869. The summed E-state index contributed by atoms with van der Waals surface area (Å²) < 4.78 is 37.8. The first-order chi connectivity index (χ1) is 19.2. The van der Waals surface area contributed by atoms with E-state index in [4.69, 9.17) is 48.0 Å². The Labute approximate surface area is 243 Å². The minimum absolute atomic E-state index is 0.0309. The Morgan fingerprint density at radius 3 is 1.20 bits per heavy atom. The SMILES string of the molecule is CC(C)(C)CC(C)(C)C1CCC(OOCCOCCOCCOCCOCCOCCOCCOCCO)CC1. The lowest BCUT2D eigenvalue weighted by Gasteiger charge is -2.42. The van der Waals surface area contributed by atoms with Crippen LogP contribution in [0.3, 0.4) is 0 Å². The van der Waals surface area contributed by atoms with E-state index in [1.165, 1.54) is 19.3 Å². The van der Waals surface area contributed by atoms with Crippen LogP contribution in [0.15, 0.2) is 0 Å². The smallest absolute Gasteiger partial charge is 0.106 e. The maximum Gasteiger partial charge on any atom is 0.106 e. The van der Waals surface area contributed by atoms with Crippen LogP contribution in [0.2, 0.25) is 0 Å².